The van der Waals surface area contributed by atoms with E-state index < -0.39 is 11.9 Å². The van der Waals surface area contributed by atoms with Gasteiger partial charge in [-0.3, -0.25) is 0 Å². The third-order valence-electron chi connectivity index (χ3n) is 2.81. The third-order valence-corrected chi connectivity index (χ3v) is 3.31. The van der Waals surface area contributed by atoms with Gasteiger partial charge in [-0.2, -0.15) is 0 Å². The van der Waals surface area contributed by atoms with Crippen LogP contribution in [0.4, 0.5) is 4.39 Å². The van der Waals surface area contributed by atoms with E-state index in [9.17, 15) is 9.50 Å². The Morgan fingerprint density at radius 3 is 2.28 bits per heavy atom. The van der Waals surface area contributed by atoms with Gasteiger partial charge in [0, 0.05) is 10.0 Å². The van der Waals surface area contributed by atoms with Crippen molar-refractivity contribution in [3.63, 3.8) is 0 Å². The zero-order chi connectivity index (χ0) is 13.3. The van der Waals surface area contributed by atoms with Crippen molar-refractivity contribution in [1.29, 1.82) is 0 Å². The van der Waals surface area contributed by atoms with Crippen LogP contribution in [0.1, 0.15) is 28.4 Å². The minimum atomic E-state index is -0.943. The van der Waals surface area contributed by atoms with E-state index in [0.29, 0.717) is 5.56 Å². The van der Waals surface area contributed by atoms with Crippen molar-refractivity contribution in [3.8, 4) is 0 Å². The second kappa shape index (κ2) is 5.21. The Morgan fingerprint density at radius 2 is 1.67 bits per heavy atom. The molecule has 0 saturated carbocycles. The molecule has 0 aliphatic heterocycles. The number of halogens is 2. The van der Waals surface area contributed by atoms with E-state index in [0.717, 1.165) is 15.6 Å². The molecule has 0 aliphatic rings. The molecule has 3 heteroatoms. The number of aryl methyl sites for hydroxylation is 2. The van der Waals surface area contributed by atoms with Crippen molar-refractivity contribution in [1.82, 2.24) is 0 Å². The largest absolute Gasteiger partial charge is 0.384 e. The summed E-state index contributed by atoms with van der Waals surface area (Å²) in [4.78, 5) is 0. The van der Waals surface area contributed by atoms with Crippen LogP contribution in [-0.4, -0.2) is 5.11 Å². The lowest BCUT2D eigenvalue weighted by Crippen LogP contribution is -2.03. The van der Waals surface area contributed by atoms with Gasteiger partial charge in [0.05, 0.1) is 0 Å². The zero-order valence-electron chi connectivity index (χ0n) is 10.2. The van der Waals surface area contributed by atoms with Gasteiger partial charge in [0.15, 0.2) is 0 Å². The maximum absolute atomic E-state index is 13.7. The minimum Gasteiger partial charge on any atom is -0.384 e. The average molecular weight is 309 g/mol. The highest BCUT2D eigenvalue weighted by Gasteiger charge is 2.15. The molecular formula is C15H14BrFO. The summed E-state index contributed by atoms with van der Waals surface area (Å²) < 4.78 is 14.5. The Morgan fingerprint density at radius 1 is 1.06 bits per heavy atom. The van der Waals surface area contributed by atoms with Crippen molar-refractivity contribution in [2.45, 2.75) is 20.0 Å². The van der Waals surface area contributed by atoms with Crippen molar-refractivity contribution >= 4 is 15.9 Å². The summed E-state index contributed by atoms with van der Waals surface area (Å²) in [6.45, 7) is 3.92. The van der Waals surface area contributed by atoms with E-state index in [2.05, 4.69) is 15.9 Å². The zero-order valence-corrected chi connectivity index (χ0v) is 11.8. The molecule has 1 atom stereocenters. The number of hydrogen-bond donors (Lipinski definition) is 1. The summed E-state index contributed by atoms with van der Waals surface area (Å²) in [5, 5.41) is 10.3. The highest BCUT2D eigenvalue weighted by Crippen LogP contribution is 2.28. The van der Waals surface area contributed by atoms with Crippen LogP contribution in [0.25, 0.3) is 0 Å². The molecule has 1 nitrogen and oxygen atoms in total. The maximum atomic E-state index is 13.7. The van der Waals surface area contributed by atoms with Gasteiger partial charge in [-0.1, -0.05) is 45.3 Å². The molecule has 1 unspecified atom stereocenters. The molecule has 1 N–H and O–H groups in total. The molecule has 2 rings (SSSR count). The molecule has 0 saturated heterocycles. The van der Waals surface area contributed by atoms with E-state index >= 15 is 0 Å². The van der Waals surface area contributed by atoms with E-state index in [4.69, 9.17) is 0 Å². The predicted molar refractivity (Wildman–Crippen MR) is 74.1 cm³/mol. The fourth-order valence-corrected chi connectivity index (χ4v) is 2.45. The first-order chi connectivity index (χ1) is 8.47. The molecular weight excluding hydrogens is 295 g/mol. The SMILES string of the molecule is Cc1cc(C)cc(C(O)c2cc(Br)ccc2F)c1. The summed E-state index contributed by atoms with van der Waals surface area (Å²) in [6.07, 6.45) is -0.943. The summed E-state index contributed by atoms with van der Waals surface area (Å²) >= 11 is 3.29. The first-order valence-electron chi connectivity index (χ1n) is 5.68. The summed E-state index contributed by atoms with van der Waals surface area (Å²) in [5.41, 5.74) is 3.11. The van der Waals surface area contributed by atoms with Crippen LogP contribution in [-0.2, 0) is 0 Å². The molecule has 2 aromatic carbocycles. The van der Waals surface area contributed by atoms with E-state index in [-0.39, 0.29) is 5.56 Å². The van der Waals surface area contributed by atoms with Crippen molar-refractivity contribution in [2.75, 3.05) is 0 Å². The van der Waals surface area contributed by atoms with Gasteiger partial charge < -0.3 is 5.11 Å². The number of rotatable bonds is 2. The van der Waals surface area contributed by atoms with Crippen LogP contribution < -0.4 is 0 Å². The van der Waals surface area contributed by atoms with Crippen LogP contribution in [0.3, 0.4) is 0 Å². The van der Waals surface area contributed by atoms with Gasteiger partial charge >= 0.3 is 0 Å². The van der Waals surface area contributed by atoms with Gasteiger partial charge in [0.1, 0.15) is 11.9 Å². The second-order valence-corrected chi connectivity index (χ2v) is 5.41. The fourth-order valence-electron chi connectivity index (χ4n) is 2.07. The van der Waals surface area contributed by atoms with E-state index in [1.807, 2.05) is 32.0 Å². The Hall–Kier alpha value is -1.19. The molecule has 0 fully saturated rings. The number of aliphatic hydroxyl groups excluding tert-OH is 1. The third kappa shape index (κ3) is 2.79. The highest BCUT2D eigenvalue weighted by atomic mass is 79.9. The highest BCUT2D eigenvalue weighted by molar-refractivity contribution is 9.10. The molecule has 18 heavy (non-hydrogen) atoms. The Labute approximate surface area is 114 Å². The molecule has 0 aromatic heterocycles. The topological polar surface area (TPSA) is 20.2 Å². The number of benzene rings is 2. The standard InChI is InChI=1S/C15H14BrFO/c1-9-5-10(2)7-11(6-9)15(18)13-8-12(16)3-4-14(13)17/h3-8,15,18H,1-2H3. The first-order valence-corrected chi connectivity index (χ1v) is 6.48. The number of hydrogen-bond acceptors (Lipinski definition) is 1. The lowest BCUT2D eigenvalue weighted by Gasteiger charge is -2.14. The van der Waals surface area contributed by atoms with Crippen LogP contribution >= 0.6 is 15.9 Å². The Bertz CT molecular complexity index is 560. The Kier molecular flexibility index (Phi) is 3.83. The Balaban J connectivity index is 2.47. The average Bonchev–Trinajstić information content (AvgIpc) is 2.30. The summed E-state index contributed by atoms with van der Waals surface area (Å²) in [6, 6.07) is 10.3. The van der Waals surface area contributed by atoms with Gasteiger partial charge in [0.25, 0.3) is 0 Å². The van der Waals surface area contributed by atoms with E-state index in [1.54, 1.807) is 12.1 Å². The van der Waals surface area contributed by atoms with Crippen LogP contribution in [0.5, 0.6) is 0 Å². The van der Waals surface area contributed by atoms with Gasteiger partial charge in [-0.05, 0) is 37.6 Å². The van der Waals surface area contributed by atoms with E-state index in [1.165, 1.54) is 6.07 Å². The number of aliphatic hydroxyl groups is 1. The molecule has 0 spiro atoms. The molecule has 0 amide bonds. The van der Waals surface area contributed by atoms with Crippen LogP contribution in [0.2, 0.25) is 0 Å². The van der Waals surface area contributed by atoms with Crippen LogP contribution in [0, 0.1) is 19.7 Å². The summed E-state index contributed by atoms with van der Waals surface area (Å²) in [7, 11) is 0. The lowest BCUT2D eigenvalue weighted by molar-refractivity contribution is 0.214. The first kappa shape index (κ1) is 13.2. The van der Waals surface area contributed by atoms with Crippen molar-refractivity contribution in [3.05, 3.63) is 68.9 Å². The van der Waals surface area contributed by atoms with Crippen LogP contribution in [0.15, 0.2) is 40.9 Å². The molecule has 0 heterocycles. The van der Waals surface area contributed by atoms with Gasteiger partial charge in [-0.25, -0.2) is 4.39 Å². The van der Waals surface area contributed by atoms with Crippen molar-refractivity contribution < 1.29 is 9.50 Å². The monoisotopic (exact) mass is 308 g/mol. The fraction of sp³-hybridized carbons (Fsp3) is 0.200. The van der Waals surface area contributed by atoms with Gasteiger partial charge in [-0.15, -0.1) is 0 Å². The molecule has 2 aromatic rings. The molecule has 0 bridgehead atoms. The normalized spacial score (nSPS) is 12.5. The maximum Gasteiger partial charge on any atom is 0.129 e. The summed E-state index contributed by atoms with van der Waals surface area (Å²) in [5.74, 6) is -0.398. The second-order valence-electron chi connectivity index (χ2n) is 4.49. The lowest BCUT2D eigenvalue weighted by atomic mass is 9.98. The molecule has 94 valence electrons. The quantitative estimate of drug-likeness (QED) is 0.877. The molecule has 0 aliphatic carbocycles. The van der Waals surface area contributed by atoms with Gasteiger partial charge in [0.2, 0.25) is 0 Å². The minimum absolute atomic E-state index is 0.286. The molecule has 0 radical (unpaired) electrons. The van der Waals surface area contributed by atoms with Crippen molar-refractivity contribution in [2.24, 2.45) is 0 Å². The predicted octanol–water partition coefficient (Wildman–Crippen LogP) is 4.29. The smallest absolute Gasteiger partial charge is 0.129 e.